The third kappa shape index (κ3) is 7.34. The third-order valence-corrected chi connectivity index (χ3v) is 9.13. The number of alkyl halides is 3. The Balaban J connectivity index is 1.22. The van der Waals surface area contributed by atoms with Crippen LogP contribution in [0.4, 0.5) is 19.0 Å². The minimum absolute atomic E-state index is 0.163. The number of hydrogen-bond acceptors (Lipinski definition) is 8. The fourth-order valence-corrected chi connectivity index (χ4v) is 6.55. The van der Waals surface area contributed by atoms with Gasteiger partial charge in [0.2, 0.25) is 0 Å². The zero-order valence-corrected chi connectivity index (χ0v) is 25.5. The number of nitrogens with one attached hydrogen (secondary N) is 1. The maximum absolute atomic E-state index is 12.9. The van der Waals surface area contributed by atoms with Crippen molar-refractivity contribution in [2.45, 2.75) is 89.8 Å². The van der Waals surface area contributed by atoms with Crippen molar-refractivity contribution in [3.8, 4) is 6.07 Å². The van der Waals surface area contributed by atoms with Crippen molar-refractivity contribution in [3.05, 3.63) is 52.6 Å². The molecule has 0 bridgehead atoms. The predicted molar refractivity (Wildman–Crippen MR) is 162 cm³/mol. The van der Waals surface area contributed by atoms with Crippen molar-refractivity contribution >= 4 is 16.7 Å². The molecule has 2 aliphatic heterocycles. The molecule has 238 valence electrons. The minimum atomic E-state index is -4.23. The second-order valence-electron chi connectivity index (χ2n) is 12.4. The molecular weight excluding hydrogens is 571 g/mol. The number of aliphatic hydroxyl groups is 2. The van der Waals surface area contributed by atoms with Gasteiger partial charge in [0.1, 0.15) is 29.5 Å². The number of anilines is 1. The molecule has 0 radical (unpaired) electrons. The molecule has 3 aromatic rings. The van der Waals surface area contributed by atoms with Crippen molar-refractivity contribution in [2.24, 2.45) is 0 Å². The normalized spacial score (nSPS) is 18.2. The van der Waals surface area contributed by atoms with Gasteiger partial charge in [-0.3, -0.25) is 9.80 Å². The van der Waals surface area contributed by atoms with Crippen LogP contribution in [-0.4, -0.2) is 85.2 Å². The monoisotopic (exact) mass is 613 g/mol. The van der Waals surface area contributed by atoms with Crippen LogP contribution in [0.15, 0.2) is 24.5 Å². The van der Waals surface area contributed by atoms with E-state index in [1.165, 1.54) is 16.8 Å². The van der Waals surface area contributed by atoms with E-state index in [0.29, 0.717) is 30.8 Å². The van der Waals surface area contributed by atoms with Crippen LogP contribution in [0.3, 0.4) is 0 Å². The number of rotatable bonds is 11. The Kier molecular flexibility index (Phi) is 9.80. The van der Waals surface area contributed by atoms with Crippen LogP contribution < -0.4 is 5.32 Å². The lowest BCUT2D eigenvalue weighted by molar-refractivity contribution is -0.147. The summed E-state index contributed by atoms with van der Waals surface area (Å²) < 4.78 is 40.5. The molecule has 0 saturated carbocycles. The van der Waals surface area contributed by atoms with E-state index >= 15 is 0 Å². The number of hydrogen-bond donors (Lipinski definition) is 3. The van der Waals surface area contributed by atoms with Gasteiger partial charge < -0.3 is 20.1 Å². The number of benzene rings is 1. The van der Waals surface area contributed by atoms with Gasteiger partial charge in [-0.2, -0.15) is 18.4 Å². The second kappa shape index (κ2) is 13.4. The topological polar surface area (TPSA) is 113 Å². The van der Waals surface area contributed by atoms with Crippen molar-refractivity contribution in [1.82, 2.24) is 24.3 Å². The first-order valence-corrected chi connectivity index (χ1v) is 15.5. The summed E-state index contributed by atoms with van der Waals surface area (Å²) in [6.45, 7) is 6.03. The molecule has 4 heterocycles. The molecule has 44 heavy (non-hydrogen) atoms. The van der Waals surface area contributed by atoms with Gasteiger partial charge in [0.25, 0.3) is 0 Å². The molecule has 1 unspecified atom stereocenters. The standard InChI is InChI=1S/C32H42F3N7O2/c1-3-4-10-31(44,20-43)18-42-25(15-36)14-27-22(2)23(5-6-29(27)42)16-40-11-7-24(8-12-40)39-30-26-9-13-41(19-32(33,34)35)17-28(26)37-21-38-30/h5-6,14,21,24,43-44H,3-4,7-13,16-20H2,1-2H3,(H,37,38,39). The van der Waals surface area contributed by atoms with E-state index < -0.39 is 18.3 Å². The molecule has 2 aliphatic rings. The summed E-state index contributed by atoms with van der Waals surface area (Å²) in [7, 11) is 0. The van der Waals surface area contributed by atoms with Crippen LogP contribution >= 0.6 is 0 Å². The summed E-state index contributed by atoms with van der Waals surface area (Å²) in [5, 5.41) is 35.3. The van der Waals surface area contributed by atoms with Crippen molar-refractivity contribution in [1.29, 1.82) is 5.26 Å². The third-order valence-electron chi connectivity index (χ3n) is 9.13. The number of nitriles is 1. The van der Waals surface area contributed by atoms with E-state index in [1.54, 1.807) is 0 Å². The summed E-state index contributed by atoms with van der Waals surface area (Å²) in [4.78, 5) is 12.5. The lowest BCUT2D eigenvalue weighted by Crippen LogP contribution is -2.40. The van der Waals surface area contributed by atoms with E-state index in [1.807, 2.05) is 23.6 Å². The van der Waals surface area contributed by atoms with Gasteiger partial charge in [-0.1, -0.05) is 25.8 Å². The van der Waals surface area contributed by atoms with E-state index in [0.717, 1.165) is 73.2 Å². The van der Waals surface area contributed by atoms with Crippen molar-refractivity contribution < 1.29 is 23.4 Å². The number of likely N-dealkylation sites (tertiary alicyclic amines) is 1. The van der Waals surface area contributed by atoms with Crippen LogP contribution in [0, 0.1) is 18.3 Å². The smallest absolute Gasteiger partial charge is 0.393 e. The van der Waals surface area contributed by atoms with Gasteiger partial charge in [-0.05, 0) is 55.9 Å². The molecule has 0 aliphatic carbocycles. The molecule has 1 atom stereocenters. The van der Waals surface area contributed by atoms with Crippen LogP contribution in [0.5, 0.6) is 0 Å². The summed E-state index contributed by atoms with van der Waals surface area (Å²) >= 11 is 0. The maximum Gasteiger partial charge on any atom is 0.401 e. The van der Waals surface area contributed by atoms with E-state index in [4.69, 9.17) is 0 Å². The fourth-order valence-electron chi connectivity index (χ4n) is 6.55. The Morgan fingerprint density at radius 1 is 1.11 bits per heavy atom. The number of aliphatic hydroxyl groups excluding tert-OH is 1. The van der Waals surface area contributed by atoms with E-state index in [-0.39, 0.29) is 25.7 Å². The Bertz CT molecular complexity index is 1490. The Hall–Kier alpha value is -3.24. The maximum atomic E-state index is 12.9. The van der Waals surface area contributed by atoms with Gasteiger partial charge in [-0.15, -0.1) is 0 Å². The Morgan fingerprint density at radius 3 is 2.57 bits per heavy atom. The second-order valence-corrected chi connectivity index (χ2v) is 12.4. The molecule has 12 heteroatoms. The lowest BCUT2D eigenvalue weighted by atomic mass is 9.97. The first kappa shape index (κ1) is 32.2. The summed E-state index contributed by atoms with van der Waals surface area (Å²) in [5.41, 5.74) is 3.94. The zero-order valence-electron chi connectivity index (χ0n) is 25.5. The highest BCUT2D eigenvalue weighted by atomic mass is 19.4. The first-order valence-electron chi connectivity index (χ1n) is 15.5. The van der Waals surface area contributed by atoms with Crippen LogP contribution in [0.25, 0.3) is 10.9 Å². The summed E-state index contributed by atoms with van der Waals surface area (Å²) in [5.74, 6) is 0.738. The highest BCUT2D eigenvalue weighted by Gasteiger charge is 2.33. The average molecular weight is 614 g/mol. The number of nitrogens with zero attached hydrogens (tertiary/aromatic N) is 6. The van der Waals surface area contributed by atoms with Gasteiger partial charge in [0.15, 0.2) is 0 Å². The van der Waals surface area contributed by atoms with Gasteiger partial charge in [-0.25, -0.2) is 9.97 Å². The van der Waals surface area contributed by atoms with Crippen LogP contribution in [0.1, 0.15) is 67.1 Å². The van der Waals surface area contributed by atoms with Crippen LogP contribution in [0.2, 0.25) is 0 Å². The average Bonchev–Trinajstić information content (AvgIpc) is 3.35. The number of fused-ring (bicyclic) bond motifs is 2. The van der Waals surface area contributed by atoms with Gasteiger partial charge in [0.05, 0.1) is 25.4 Å². The predicted octanol–water partition coefficient (Wildman–Crippen LogP) is 4.52. The molecule has 2 aromatic heterocycles. The van der Waals surface area contributed by atoms with Crippen molar-refractivity contribution in [3.63, 3.8) is 0 Å². The first-order chi connectivity index (χ1) is 21.0. The number of halogens is 3. The zero-order chi connectivity index (χ0) is 31.5. The molecule has 1 aromatic carbocycles. The molecule has 1 fully saturated rings. The summed E-state index contributed by atoms with van der Waals surface area (Å²) in [6.07, 6.45) is 1.68. The number of aryl methyl sites for hydroxylation is 1. The number of piperidine rings is 1. The SMILES string of the molecule is CCCCC(O)(CO)Cn1c(C#N)cc2c(C)c(CN3CCC(Nc4ncnc5c4CCN(CC(F)(F)F)C5)CC3)ccc21. The molecule has 0 spiro atoms. The van der Waals surface area contributed by atoms with Crippen LogP contribution in [-0.2, 0) is 26.1 Å². The molecule has 3 N–H and O–H groups in total. The quantitative estimate of drug-likeness (QED) is 0.289. The van der Waals surface area contributed by atoms with E-state index in [9.17, 15) is 28.6 Å². The Morgan fingerprint density at radius 2 is 1.89 bits per heavy atom. The highest BCUT2D eigenvalue weighted by Crippen LogP contribution is 2.31. The largest absolute Gasteiger partial charge is 0.401 e. The van der Waals surface area contributed by atoms with E-state index in [2.05, 4.69) is 39.2 Å². The molecule has 0 amide bonds. The molecular formula is C32H42F3N7O2. The minimum Gasteiger partial charge on any atom is -0.393 e. The number of aromatic nitrogens is 3. The van der Waals surface area contributed by atoms with Gasteiger partial charge >= 0.3 is 6.18 Å². The Labute approximate surface area is 256 Å². The molecule has 5 rings (SSSR count). The lowest BCUT2D eigenvalue weighted by Gasteiger charge is -2.34. The highest BCUT2D eigenvalue weighted by molar-refractivity contribution is 5.86. The number of unbranched alkanes of at least 4 members (excludes halogenated alkanes) is 1. The summed E-state index contributed by atoms with van der Waals surface area (Å²) in [6, 6.07) is 8.47. The van der Waals surface area contributed by atoms with Crippen molar-refractivity contribution in [2.75, 3.05) is 38.1 Å². The molecule has 1 saturated heterocycles. The fraction of sp³-hybridized carbons (Fsp3) is 0.594. The molecule has 9 nitrogen and oxygen atoms in total. The van der Waals surface area contributed by atoms with Gasteiger partial charge in [0, 0.05) is 55.2 Å².